The molecule has 2 amide bonds. The van der Waals surface area contributed by atoms with Gasteiger partial charge in [0.05, 0.1) is 10.7 Å². The van der Waals surface area contributed by atoms with Gasteiger partial charge in [0.15, 0.2) is 6.29 Å². The van der Waals surface area contributed by atoms with E-state index in [1.807, 2.05) is 6.07 Å². The number of nitrogens with zero attached hydrogens (tertiary/aromatic N) is 2. The Morgan fingerprint density at radius 3 is 2.75 bits per heavy atom. The summed E-state index contributed by atoms with van der Waals surface area (Å²) in [4.78, 5) is 40.2. The van der Waals surface area contributed by atoms with Crippen LogP contribution in [0.3, 0.4) is 0 Å². The number of carbonyl (C=O) groups is 3. The van der Waals surface area contributed by atoms with Gasteiger partial charge in [0.25, 0.3) is 0 Å². The number of pyridine rings is 1. The molecule has 7 nitrogen and oxygen atoms in total. The highest BCUT2D eigenvalue weighted by atomic mass is 35.5. The van der Waals surface area contributed by atoms with Crippen LogP contribution in [0.5, 0.6) is 0 Å². The molecule has 2 aliphatic rings. The van der Waals surface area contributed by atoms with Crippen molar-refractivity contribution in [3.8, 4) is 11.1 Å². The zero-order valence-corrected chi connectivity index (χ0v) is 19.5. The van der Waals surface area contributed by atoms with Gasteiger partial charge >= 0.3 is 0 Å². The molecule has 170 valence electrons. The SMILES string of the molecule is CC(=O)N[C@@H]1CCC[C@H](C(=O)Nc2cc(-c3cc(C=O)n4c3CC(C)(C)C4)c(Cl)cn2)C1. The van der Waals surface area contributed by atoms with Crippen molar-refractivity contribution in [2.45, 2.75) is 65.5 Å². The van der Waals surface area contributed by atoms with E-state index in [1.165, 1.54) is 13.1 Å². The van der Waals surface area contributed by atoms with E-state index in [4.69, 9.17) is 11.6 Å². The van der Waals surface area contributed by atoms with Gasteiger partial charge in [-0.1, -0.05) is 31.9 Å². The summed E-state index contributed by atoms with van der Waals surface area (Å²) in [6.07, 6.45) is 6.44. The van der Waals surface area contributed by atoms with Crippen molar-refractivity contribution < 1.29 is 14.4 Å². The number of nitrogens with one attached hydrogen (secondary N) is 2. The maximum atomic E-state index is 12.9. The van der Waals surface area contributed by atoms with Gasteiger partial charge in [0.1, 0.15) is 5.82 Å². The van der Waals surface area contributed by atoms with Gasteiger partial charge in [0, 0.05) is 48.4 Å². The molecule has 0 spiro atoms. The second-order valence-electron chi connectivity index (χ2n) is 9.77. The van der Waals surface area contributed by atoms with Crippen molar-refractivity contribution in [2.75, 3.05) is 5.32 Å². The molecule has 1 saturated carbocycles. The van der Waals surface area contributed by atoms with Crippen LogP contribution in [0.4, 0.5) is 5.82 Å². The Balaban J connectivity index is 1.56. The second kappa shape index (κ2) is 8.70. The number of amides is 2. The van der Waals surface area contributed by atoms with E-state index in [0.29, 0.717) is 23.0 Å². The lowest BCUT2D eigenvalue weighted by Gasteiger charge is -2.28. The quantitative estimate of drug-likeness (QED) is 0.658. The lowest BCUT2D eigenvalue weighted by Crippen LogP contribution is -2.40. The van der Waals surface area contributed by atoms with E-state index < -0.39 is 0 Å². The normalized spacial score (nSPS) is 21.6. The van der Waals surface area contributed by atoms with E-state index in [1.54, 1.807) is 6.07 Å². The Labute approximate surface area is 192 Å². The van der Waals surface area contributed by atoms with Gasteiger partial charge in [-0.05, 0) is 43.2 Å². The Kier molecular flexibility index (Phi) is 6.12. The number of rotatable bonds is 5. The average molecular weight is 457 g/mol. The van der Waals surface area contributed by atoms with Crippen LogP contribution in [0.15, 0.2) is 18.3 Å². The van der Waals surface area contributed by atoms with E-state index in [2.05, 4.69) is 34.0 Å². The van der Waals surface area contributed by atoms with Gasteiger partial charge in [-0.2, -0.15) is 0 Å². The lowest BCUT2D eigenvalue weighted by molar-refractivity contribution is -0.123. The monoisotopic (exact) mass is 456 g/mol. The highest BCUT2D eigenvalue weighted by molar-refractivity contribution is 6.33. The third-order valence-electron chi connectivity index (χ3n) is 6.44. The standard InChI is InChI=1S/C24H29ClN4O3/c1-14(31)27-16-6-4-5-15(7-16)23(32)28-22-9-18(20(25)11-26-22)19-8-17(12-30)29-13-24(2,3)10-21(19)29/h8-9,11-12,15-16H,4-7,10,13H2,1-3H3,(H,27,31)(H,26,28,32)/t15-,16+/m0/s1. The minimum absolute atomic E-state index is 0.0276. The highest BCUT2D eigenvalue weighted by Crippen LogP contribution is 2.41. The molecule has 1 aliphatic heterocycles. The first-order valence-corrected chi connectivity index (χ1v) is 11.5. The smallest absolute Gasteiger partial charge is 0.228 e. The fraction of sp³-hybridized carbons (Fsp3) is 0.500. The topological polar surface area (TPSA) is 93.1 Å². The number of hydrogen-bond acceptors (Lipinski definition) is 4. The van der Waals surface area contributed by atoms with Crippen LogP contribution in [-0.4, -0.2) is 33.7 Å². The zero-order chi connectivity index (χ0) is 23.0. The molecule has 1 fully saturated rings. The number of aldehydes is 1. The first-order chi connectivity index (χ1) is 15.2. The van der Waals surface area contributed by atoms with Crippen LogP contribution in [0.1, 0.15) is 62.6 Å². The summed E-state index contributed by atoms with van der Waals surface area (Å²) < 4.78 is 2.06. The van der Waals surface area contributed by atoms with Crippen molar-refractivity contribution in [1.29, 1.82) is 0 Å². The molecule has 0 unspecified atom stereocenters. The molecule has 8 heteroatoms. The molecular weight excluding hydrogens is 428 g/mol. The van der Waals surface area contributed by atoms with Gasteiger partial charge in [-0.25, -0.2) is 4.98 Å². The minimum Gasteiger partial charge on any atom is -0.354 e. The fourth-order valence-electron chi connectivity index (χ4n) is 5.04. The van der Waals surface area contributed by atoms with Crippen molar-refractivity contribution >= 4 is 35.5 Å². The van der Waals surface area contributed by atoms with Crippen LogP contribution < -0.4 is 10.6 Å². The minimum atomic E-state index is -0.178. The first kappa shape index (κ1) is 22.5. The maximum Gasteiger partial charge on any atom is 0.228 e. The van der Waals surface area contributed by atoms with Crippen molar-refractivity contribution in [3.63, 3.8) is 0 Å². The zero-order valence-electron chi connectivity index (χ0n) is 18.7. The molecule has 0 bridgehead atoms. The molecule has 32 heavy (non-hydrogen) atoms. The summed E-state index contributed by atoms with van der Waals surface area (Å²) in [6, 6.07) is 3.67. The summed E-state index contributed by atoms with van der Waals surface area (Å²) in [6.45, 7) is 6.63. The third-order valence-corrected chi connectivity index (χ3v) is 6.74. The third kappa shape index (κ3) is 4.58. The van der Waals surface area contributed by atoms with E-state index in [0.717, 1.165) is 55.3 Å². The van der Waals surface area contributed by atoms with Crippen LogP contribution in [-0.2, 0) is 22.6 Å². The number of fused-ring (bicyclic) bond motifs is 1. The van der Waals surface area contributed by atoms with E-state index in [9.17, 15) is 14.4 Å². The molecule has 2 atom stereocenters. The highest BCUT2D eigenvalue weighted by Gasteiger charge is 2.33. The van der Waals surface area contributed by atoms with Crippen molar-refractivity contribution in [2.24, 2.45) is 11.3 Å². The summed E-state index contributed by atoms with van der Waals surface area (Å²) in [5.41, 5.74) is 3.43. The van der Waals surface area contributed by atoms with Crippen LogP contribution >= 0.6 is 11.6 Å². The maximum absolute atomic E-state index is 12.9. The Morgan fingerprint density at radius 2 is 2.03 bits per heavy atom. The number of aromatic nitrogens is 2. The summed E-state index contributed by atoms with van der Waals surface area (Å²) in [5, 5.41) is 6.33. The number of halogens is 1. The molecule has 2 aromatic heterocycles. The Hall–Kier alpha value is -2.67. The van der Waals surface area contributed by atoms with Crippen molar-refractivity contribution in [1.82, 2.24) is 14.9 Å². The number of anilines is 1. The molecular formula is C24H29ClN4O3. The molecule has 1 aliphatic carbocycles. The second-order valence-corrected chi connectivity index (χ2v) is 10.2. The molecule has 0 radical (unpaired) electrons. The summed E-state index contributed by atoms with van der Waals surface area (Å²) in [7, 11) is 0. The van der Waals surface area contributed by atoms with Crippen LogP contribution in [0, 0.1) is 11.3 Å². The number of hydrogen-bond donors (Lipinski definition) is 2. The van der Waals surface area contributed by atoms with Gasteiger partial charge in [-0.3, -0.25) is 14.4 Å². The fourth-order valence-corrected chi connectivity index (χ4v) is 5.25. The predicted molar refractivity (Wildman–Crippen MR) is 124 cm³/mol. The predicted octanol–water partition coefficient (Wildman–Crippen LogP) is 4.23. The van der Waals surface area contributed by atoms with Crippen molar-refractivity contribution in [3.05, 3.63) is 34.7 Å². The Morgan fingerprint density at radius 1 is 1.25 bits per heavy atom. The summed E-state index contributed by atoms with van der Waals surface area (Å²) in [5.74, 6) is 0.0827. The lowest BCUT2D eigenvalue weighted by atomic mass is 9.85. The molecule has 0 saturated heterocycles. The molecule has 2 N–H and O–H groups in total. The summed E-state index contributed by atoms with van der Waals surface area (Å²) >= 11 is 6.50. The molecule has 0 aromatic carbocycles. The van der Waals surface area contributed by atoms with Gasteiger partial charge in [-0.15, -0.1) is 0 Å². The molecule has 2 aromatic rings. The first-order valence-electron chi connectivity index (χ1n) is 11.1. The van der Waals surface area contributed by atoms with Crippen LogP contribution in [0.2, 0.25) is 5.02 Å². The molecule has 4 rings (SSSR count). The molecule has 3 heterocycles. The van der Waals surface area contributed by atoms with Crippen LogP contribution in [0.25, 0.3) is 11.1 Å². The van der Waals surface area contributed by atoms with E-state index >= 15 is 0 Å². The van der Waals surface area contributed by atoms with Gasteiger partial charge < -0.3 is 15.2 Å². The largest absolute Gasteiger partial charge is 0.354 e. The number of carbonyl (C=O) groups excluding carboxylic acids is 3. The Bertz CT molecular complexity index is 1080. The van der Waals surface area contributed by atoms with Gasteiger partial charge in [0.2, 0.25) is 11.8 Å². The average Bonchev–Trinajstić information content (AvgIpc) is 3.21. The van der Waals surface area contributed by atoms with E-state index in [-0.39, 0.29) is 29.2 Å².